The maximum atomic E-state index is 12.1. The summed E-state index contributed by atoms with van der Waals surface area (Å²) < 4.78 is 32.0. The number of furan rings is 1. The predicted molar refractivity (Wildman–Crippen MR) is 69.5 cm³/mol. The molecule has 0 radical (unpaired) electrons. The third kappa shape index (κ3) is 2.79. The third-order valence-corrected chi connectivity index (χ3v) is 5.66. The highest BCUT2D eigenvalue weighted by molar-refractivity contribution is 9.10. The molecule has 0 aromatic carbocycles. The molecule has 0 saturated heterocycles. The van der Waals surface area contributed by atoms with E-state index in [0.717, 1.165) is 19.3 Å². The van der Waals surface area contributed by atoms with Crippen LogP contribution in [0.25, 0.3) is 0 Å². The largest absolute Gasteiger partial charge is 0.450 e. The van der Waals surface area contributed by atoms with Crippen molar-refractivity contribution in [3.63, 3.8) is 0 Å². The summed E-state index contributed by atoms with van der Waals surface area (Å²) in [5.74, 6) is 0.220. The number of hydrogen-bond donors (Lipinski definition) is 2. The van der Waals surface area contributed by atoms with E-state index < -0.39 is 10.0 Å². The summed E-state index contributed by atoms with van der Waals surface area (Å²) in [5, 5.41) is 8.92. The first-order valence-corrected chi connectivity index (χ1v) is 8.03. The van der Waals surface area contributed by atoms with Gasteiger partial charge in [-0.2, -0.15) is 0 Å². The van der Waals surface area contributed by atoms with Crippen LogP contribution in [0.15, 0.2) is 20.0 Å². The van der Waals surface area contributed by atoms with E-state index in [1.807, 2.05) is 0 Å². The van der Waals surface area contributed by atoms with Crippen molar-refractivity contribution in [1.29, 1.82) is 0 Å². The molecule has 18 heavy (non-hydrogen) atoms. The summed E-state index contributed by atoms with van der Waals surface area (Å²) in [5.41, 5.74) is 0.0725. The monoisotopic (exact) mass is 337 g/mol. The number of aliphatic hydroxyl groups excluding tert-OH is 1. The molecular weight excluding hydrogens is 322 g/mol. The molecule has 102 valence electrons. The van der Waals surface area contributed by atoms with Gasteiger partial charge in [0, 0.05) is 12.6 Å². The molecular formula is C11H16BrNO4S. The van der Waals surface area contributed by atoms with Crippen molar-refractivity contribution in [1.82, 2.24) is 4.72 Å². The van der Waals surface area contributed by atoms with Gasteiger partial charge in [-0.25, -0.2) is 13.1 Å². The van der Waals surface area contributed by atoms with E-state index in [1.165, 1.54) is 6.07 Å². The summed E-state index contributed by atoms with van der Waals surface area (Å²) in [7, 11) is -3.59. The average Bonchev–Trinajstić information content (AvgIpc) is 2.66. The zero-order chi connectivity index (χ0) is 13.4. The number of sulfonamides is 1. The normalized spacial score (nSPS) is 18.6. The Kier molecular flexibility index (Phi) is 3.87. The molecule has 2 N–H and O–H groups in total. The second kappa shape index (κ2) is 4.96. The summed E-state index contributed by atoms with van der Waals surface area (Å²) in [6.45, 7) is 2.18. The Bertz CT molecular complexity index is 533. The molecule has 2 rings (SSSR count). The van der Waals surface area contributed by atoms with Crippen molar-refractivity contribution >= 4 is 26.0 Å². The Labute approximate surface area is 115 Å². The Morgan fingerprint density at radius 3 is 2.67 bits per heavy atom. The highest BCUT2D eigenvalue weighted by Crippen LogP contribution is 2.39. The molecule has 0 spiro atoms. The molecule has 1 aromatic rings. The van der Waals surface area contributed by atoms with Crippen LogP contribution >= 0.6 is 15.9 Å². The van der Waals surface area contributed by atoms with Crippen molar-refractivity contribution in [3.8, 4) is 0 Å². The first kappa shape index (κ1) is 14.0. The van der Waals surface area contributed by atoms with Crippen molar-refractivity contribution in [2.45, 2.75) is 37.7 Å². The van der Waals surface area contributed by atoms with Gasteiger partial charge in [-0.1, -0.05) is 13.3 Å². The Hall–Kier alpha value is -0.370. The molecule has 1 aliphatic carbocycles. The number of rotatable bonds is 5. The second-order valence-electron chi connectivity index (χ2n) is 5.00. The van der Waals surface area contributed by atoms with Gasteiger partial charge in [0.25, 0.3) is 0 Å². The number of nitrogens with one attached hydrogen (secondary N) is 1. The highest BCUT2D eigenvalue weighted by Gasteiger charge is 2.33. The van der Waals surface area contributed by atoms with Gasteiger partial charge in [0.2, 0.25) is 10.0 Å². The topological polar surface area (TPSA) is 79.5 Å². The number of halogens is 1. The van der Waals surface area contributed by atoms with Crippen LogP contribution in [0.3, 0.4) is 0 Å². The van der Waals surface area contributed by atoms with Crippen molar-refractivity contribution in [3.05, 3.63) is 16.5 Å². The van der Waals surface area contributed by atoms with E-state index in [0.29, 0.717) is 6.54 Å². The van der Waals surface area contributed by atoms with Crippen LogP contribution in [0.1, 0.15) is 31.9 Å². The molecule has 0 unspecified atom stereocenters. The van der Waals surface area contributed by atoms with E-state index in [9.17, 15) is 8.42 Å². The smallest absolute Gasteiger partial charge is 0.244 e. The first-order chi connectivity index (χ1) is 8.36. The molecule has 1 fully saturated rings. The quantitative estimate of drug-likeness (QED) is 0.861. The van der Waals surface area contributed by atoms with Crippen LogP contribution in [-0.4, -0.2) is 20.1 Å². The van der Waals surface area contributed by atoms with Gasteiger partial charge in [-0.3, -0.25) is 0 Å². The lowest BCUT2D eigenvalue weighted by Crippen LogP contribution is -2.39. The van der Waals surface area contributed by atoms with E-state index in [2.05, 4.69) is 27.6 Å². The molecule has 0 atom stereocenters. The van der Waals surface area contributed by atoms with E-state index >= 15 is 0 Å². The zero-order valence-corrected chi connectivity index (χ0v) is 12.5. The Morgan fingerprint density at radius 2 is 2.22 bits per heavy atom. The van der Waals surface area contributed by atoms with Crippen LogP contribution in [0.2, 0.25) is 0 Å². The molecule has 1 saturated carbocycles. The second-order valence-corrected chi connectivity index (χ2v) is 7.45. The summed E-state index contributed by atoms with van der Waals surface area (Å²) in [6.07, 6.45) is 3.25. The minimum atomic E-state index is -3.59. The van der Waals surface area contributed by atoms with Crippen LogP contribution in [0, 0.1) is 5.41 Å². The maximum Gasteiger partial charge on any atom is 0.244 e. The van der Waals surface area contributed by atoms with Gasteiger partial charge in [0.1, 0.15) is 17.3 Å². The predicted octanol–water partition coefficient (Wildman–Crippen LogP) is 2.00. The van der Waals surface area contributed by atoms with Gasteiger partial charge in [-0.05, 0) is 34.2 Å². The van der Waals surface area contributed by atoms with Gasteiger partial charge < -0.3 is 9.52 Å². The lowest BCUT2D eigenvalue weighted by atomic mass is 9.71. The average molecular weight is 338 g/mol. The number of aliphatic hydroxyl groups is 1. The lowest BCUT2D eigenvalue weighted by molar-refractivity contribution is 0.166. The Morgan fingerprint density at radius 1 is 1.56 bits per heavy atom. The van der Waals surface area contributed by atoms with Crippen LogP contribution < -0.4 is 4.72 Å². The summed E-state index contributed by atoms with van der Waals surface area (Å²) >= 11 is 3.05. The van der Waals surface area contributed by atoms with Gasteiger partial charge in [0.15, 0.2) is 4.67 Å². The SMILES string of the molecule is CC1(CNS(=O)(=O)c2cc(CO)oc2Br)CCC1. The van der Waals surface area contributed by atoms with Crippen molar-refractivity contribution in [2.75, 3.05) is 6.54 Å². The maximum absolute atomic E-state index is 12.1. The fourth-order valence-corrected chi connectivity index (χ4v) is 4.16. The van der Waals surface area contributed by atoms with Crippen LogP contribution in [0.4, 0.5) is 0 Å². The summed E-state index contributed by atoms with van der Waals surface area (Å²) in [4.78, 5) is 0.0365. The van der Waals surface area contributed by atoms with Gasteiger partial charge in [-0.15, -0.1) is 0 Å². The van der Waals surface area contributed by atoms with E-state index in [4.69, 9.17) is 9.52 Å². The van der Waals surface area contributed by atoms with Gasteiger partial charge in [0.05, 0.1) is 0 Å². The molecule has 0 amide bonds. The van der Waals surface area contributed by atoms with Gasteiger partial charge >= 0.3 is 0 Å². The molecule has 5 nitrogen and oxygen atoms in total. The molecule has 1 heterocycles. The van der Waals surface area contributed by atoms with Crippen molar-refractivity contribution < 1.29 is 17.9 Å². The lowest BCUT2D eigenvalue weighted by Gasteiger charge is -2.38. The molecule has 0 aliphatic heterocycles. The third-order valence-electron chi connectivity index (χ3n) is 3.40. The minimum absolute atomic E-state index is 0.0365. The van der Waals surface area contributed by atoms with Crippen LogP contribution in [0.5, 0.6) is 0 Å². The van der Waals surface area contributed by atoms with Crippen LogP contribution in [-0.2, 0) is 16.6 Å². The molecule has 1 aliphatic rings. The standard InChI is InChI=1S/C11H16BrNO4S/c1-11(3-2-4-11)7-13-18(15,16)9-5-8(6-14)17-10(9)12/h5,13-14H,2-4,6-7H2,1H3. The highest BCUT2D eigenvalue weighted by atomic mass is 79.9. The molecule has 7 heteroatoms. The fraction of sp³-hybridized carbons (Fsp3) is 0.636. The first-order valence-electron chi connectivity index (χ1n) is 5.75. The molecule has 1 aromatic heterocycles. The van der Waals surface area contributed by atoms with Crippen molar-refractivity contribution in [2.24, 2.45) is 5.41 Å². The minimum Gasteiger partial charge on any atom is -0.450 e. The zero-order valence-electron chi connectivity index (χ0n) is 10.1. The Balaban J connectivity index is 2.12. The number of hydrogen-bond acceptors (Lipinski definition) is 4. The summed E-state index contributed by atoms with van der Waals surface area (Å²) in [6, 6.07) is 1.33. The molecule has 0 bridgehead atoms. The fourth-order valence-electron chi connectivity index (χ4n) is 1.96. The van der Waals surface area contributed by atoms with E-state index in [-0.39, 0.29) is 27.3 Å². The van der Waals surface area contributed by atoms with E-state index in [1.54, 1.807) is 0 Å².